The van der Waals surface area contributed by atoms with Gasteiger partial charge in [0.15, 0.2) is 0 Å². The summed E-state index contributed by atoms with van der Waals surface area (Å²) < 4.78 is 2.23. The van der Waals surface area contributed by atoms with Gasteiger partial charge in [-0.15, -0.1) is 0 Å². The molecule has 17 heavy (non-hydrogen) atoms. The van der Waals surface area contributed by atoms with Gasteiger partial charge < -0.3 is 10.3 Å². The molecule has 0 radical (unpaired) electrons. The van der Waals surface area contributed by atoms with Gasteiger partial charge in [0, 0.05) is 6.54 Å². The normalized spacial score (nSPS) is 13.2. The number of benzene rings is 1. The van der Waals surface area contributed by atoms with Crippen LogP contribution in [0, 0.1) is 6.92 Å². The maximum atomic E-state index is 6.20. The van der Waals surface area contributed by atoms with E-state index in [1.807, 2.05) is 0 Å². The lowest BCUT2D eigenvalue weighted by molar-refractivity contribution is 0.566. The molecule has 1 heterocycles. The maximum absolute atomic E-state index is 6.20. The van der Waals surface area contributed by atoms with E-state index in [1.54, 1.807) is 0 Å². The van der Waals surface area contributed by atoms with Crippen LogP contribution in [0.5, 0.6) is 0 Å². The quantitative estimate of drug-likeness (QED) is 0.878. The smallest absolute Gasteiger partial charge is 0.126 e. The fourth-order valence-corrected chi connectivity index (χ4v) is 2.31. The van der Waals surface area contributed by atoms with Crippen LogP contribution in [0.2, 0.25) is 0 Å². The largest absolute Gasteiger partial charge is 0.327 e. The van der Waals surface area contributed by atoms with E-state index in [0.29, 0.717) is 0 Å². The van der Waals surface area contributed by atoms with Gasteiger partial charge in [-0.05, 0) is 38.0 Å². The molecule has 2 aromatic rings. The molecular weight excluding hydrogens is 210 g/mol. The van der Waals surface area contributed by atoms with Gasteiger partial charge in [0.05, 0.1) is 17.1 Å². The first-order valence-electron chi connectivity index (χ1n) is 6.39. The lowest BCUT2D eigenvalue weighted by Crippen LogP contribution is -2.16. The first-order valence-corrected chi connectivity index (χ1v) is 6.39. The van der Waals surface area contributed by atoms with E-state index in [1.165, 1.54) is 11.1 Å². The molecule has 0 amide bonds. The van der Waals surface area contributed by atoms with E-state index in [-0.39, 0.29) is 6.04 Å². The highest BCUT2D eigenvalue weighted by Gasteiger charge is 2.15. The second-order valence-corrected chi connectivity index (χ2v) is 4.60. The number of aromatic nitrogens is 2. The van der Waals surface area contributed by atoms with Gasteiger partial charge >= 0.3 is 0 Å². The average Bonchev–Trinajstić information content (AvgIpc) is 2.66. The molecule has 1 unspecified atom stereocenters. The molecule has 0 saturated heterocycles. The zero-order chi connectivity index (χ0) is 12.4. The van der Waals surface area contributed by atoms with Crippen molar-refractivity contribution in [3.05, 3.63) is 29.6 Å². The minimum absolute atomic E-state index is 0.0488. The lowest BCUT2D eigenvalue weighted by Gasteiger charge is -2.12. The molecule has 0 fully saturated rings. The van der Waals surface area contributed by atoms with E-state index in [9.17, 15) is 0 Å². The molecule has 1 atom stereocenters. The highest BCUT2D eigenvalue weighted by Crippen LogP contribution is 2.23. The third-order valence-corrected chi connectivity index (χ3v) is 3.18. The molecule has 3 heteroatoms. The molecule has 3 nitrogen and oxygen atoms in total. The molecule has 2 rings (SSSR count). The van der Waals surface area contributed by atoms with E-state index in [0.717, 1.165) is 30.7 Å². The molecule has 0 bridgehead atoms. The Morgan fingerprint density at radius 3 is 2.76 bits per heavy atom. The zero-order valence-corrected chi connectivity index (χ0v) is 10.9. The van der Waals surface area contributed by atoms with Gasteiger partial charge in [0.2, 0.25) is 0 Å². The highest BCUT2D eigenvalue weighted by atomic mass is 15.1. The topological polar surface area (TPSA) is 43.8 Å². The van der Waals surface area contributed by atoms with Crippen LogP contribution < -0.4 is 5.73 Å². The first kappa shape index (κ1) is 12.1. The first-order chi connectivity index (χ1) is 8.17. The molecule has 0 aliphatic rings. The van der Waals surface area contributed by atoms with Crippen molar-refractivity contribution in [2.24, 2.45) is 5.73 Å². The van der Waals surface area contributed by atoms with Crippen LogP contribution in [0.25, 0.3) is 11.0 Å². The average molecular weight is 231 g/mol. The summed E-state index contributed by atoms with van der Waals surface area (Å²) in [5.74, 6) is 1.02. The van der Waals surface area contributed by atoms with Gasteiger partial charge in [-0.3, -0.25) is 0 Å². The van der Waals surface area contributed by atoms with Crippen LogP contribution in [0.3, 0.4) is 0 Å². The minimum atomic E-state index is 0.0488. The maximum Gasteiger partial charge on any atom is 0.126 e. The molecule has 2 N–H and O–H groups in total. The summed E-state index contributed by atoms with van der Waals surface area (Å²) in [6.07, 6.45) is 2.08. The van der Waals surface area contributed by atoms with Gasteiger partial charge in [-0.1, -0.05) is 19.4 Å². The monoisotopic (exact) mass is 231 g/mol. The van der Waals surface area contributed by atoms with Crippen LogP contribution in [-0.4, -0.2) is 9.55 Å². The third-order valence-electron chi connectivity index (χ3n) is 3.18. The molecule has 1 aromatic carbocycles. The number of hydrogen-bond acceptors (Lipinski definition) is 2. The summed E-state index contributed by atoms with van der Waals surface area (Å²) >= 11 is 0. The summed E-state index contributed by atoms with van der Waals surface area (Å²) in [6.45, 7) is 7.31. The van der Waals surface area contributed by atoms with Crippen molar-refractivity contribution in [1.29, 1.82) is 0 Å². The van der Waals surface area contributed by atoms with Crippen molar-refractivity contribution in [3.8, 4) is 0 Å². The third kappa shape index (κ3) is 2.20. The molecule has 0 aliphatic heterocycles. The molecule has 92 valence electrons. The molecule has 0 aliphatic carbocycles. The second-order valence-electron chi connectivity index (χ2n) is 4.60. The van der Waals surface area contributed by atoms with Gasteiger partial charge in [-0.25, -0.2) is 4.98 Å². The minimum Gasteiger partial charge on any atom is -0.327 e. The van der Waals surface area contributed by atoms with Gasteiger partial charge in [-0.2, -0.15) is 0 Å². The summed E-state index contributed by atoms with van der Waals surface area (Å²) in [4.78, 5) is 4.70. The Hall–Kier alpha value is -1.35. The Balaban J connectivity index is 2.55. The molecule has 0 spiro atoms. The van der Waals surface area contributed by atoms with Crippen molar-refractivity contribution in [2.45, 2.75) is 46.2 Å². The van der Waals surface area contributed by atoms with E-state index >= 15 is 0 Å². The number of aryl methyl sites for hydroxylation is 2. The Morgan fingerprint density at radius 1 is 1.35 bits per heavy atom. The summed E-state index contributed by atoms with van der Waals surface area (Å²) in [5.41, 5.74) is 9.70. The summed E-state index contributed by atoms with van der Waals surface area (Å²) in [7, 11) is 0. The Labute approximate surface area is 103 Å². The Bertz CT molecular complexity index is 513. The van der Waals surface area contributed by atoms with E-state index in [2.05, 4.69) is 43.5 Å². The SMILES string of the molecule is CCCC(N)c1nc2cc(C)ccc2n1CC. The van der Waals surface area contributed by atoms with Crippen LogP contribution in [-0.2, 0) is 6.54 Å². The van der Waals surface area contributed by atoms with Gasteiger partial charge in [0.25, 0.3) is 0 Å². The standard InChI is InChI=1S/C14H21N3/c1-4-6-11(15)14-16-12-9-10(3)7-8-13(12)17(14)5-2/h7-9,11H,4-6,15H2,1-3H3. The zero-order valence-electron chi connectivity index (χ0n) is 10.9. The lowest BCUT2D eigenvalue weighted by atomic mass is 10.2. The van der Waals surface area contributed by atoms with Crippen LogP contribution in [0.4, 0.5) is 0 Å². The van der Waals surface area contributed by atoms with Crippen LogP contribution in [0.15, 0.2) is 18.2 Å². The number of nitrogens with zero attached hydrogens (tertiary/aromatic N) is 2. The second kappa shape index (κ2) is 4.88. The fourth-order valence-electron chi connectivity index (χ4n) is 2.31. The summed E-state index contributed by atoms with van der Waals surface area (Å²) in [5, 5.41) is 0. The van der Waals surface area contributed by atoms with Crippen molar-refractivity contribution in [3.63, 3.8) is 0 Å². The van der Waals surface area contributed by atoms with Gasteiger partial charge in [0.1, 0.15) is 5.82 Å². The van der Waals surface area contributed by atoms with E-state index < -0.39 is 0 Å². The van der Waals surface area contributed by atoms with Crippen LogP contribution >= 0.6 is 0 Å². The molecular formula is C14H21N3. The predicted molar refractivity (Wildman–Crippen MR) is 72.0 cm³/mol. The summed E-state index contributed by atoms with van der Waals surface area (Å²) in [6, 6.07) is 6.45. The fraction of sp³-hybridized carbons (Fsp3) is 0.500. The van der Waals surface area contributed by atoms with Crippen molar-refractivity contribution in [2.75, 3.05) is 0 Å². The number of imidazole rings is 1. The molecule has 1 aromatic heterocycles. The van der Waals surface area contributed by atoms with Crippen LogP contribution in [0.1, 0.15) is 44.1 Å². The number of rotatable bonds is 4. The Kier molecular flexibility index (Phi) is 3.48. The highest BCUT2D eigenvalue weighted by molar-refractivity contribution is 5.77. The van der Waals surface area contributed by atoms with Crippen molar-refractivity contribution >= 4 is 11.0 Å². The number of hydrogen-bond donors (Lipinski definition) is 1. The molecule has 0 saturated carbocycles. The number of fused-ring (bicyclic) bond motifs is 1. The van der Waals surface area contributed by atoms with Crippen molar-refractivity contribution in [1.82, 2.24) is 9.55 Å². The van der Waals surface area contributed by atoms with Crippen molar-refractivity contribution < 1.29 is 0 Å². The van der Waals surface area contributed by atoms with E-state index in [4.69, 9.17) is 10.7 Å². The predicted octanol–water partition coefficient (Wildman–Crippen LogP) is 3.16. The Morgan fingerprint density at radius 2 is 2.12 bits per heavy atom. The number of nitrogens with two attached hydrogens (primary N) is 1.